The summed E-state index contributed by atoms with van der Waals surface area (Å²) in [5, 5.41) is 18.9. The average Bonchev–Trinajstić information content (AvgIpc) is 3.08. The van der Waals surface area contributed by atoms with Gasteiger partial charge in [-0.1, -0.05) is 5.16 Å². The molecule has 0 fully saturated rings. The van der Waals surface area contributed by atoms with Crippen LogP contribution in [0.4, 0.5) is 0 Å². The van der Waals surface area contributed by atoms with E-state index in [1.807, 2.05) is 6.07 Å². The molecule has 8 heteroatoms. The van der Waals surface area contributed by atoms with Gasteiger partial charge in [0.25, 0.3) is 5.89 Å². The predicted octanol–water partition coefficient (Wildman–Crippen LogP) is 0.788. The Morgan fingerprint density at radius 2 is 2.33 bits per heavy atom. The summed E-state index contributed by atoms with van der Waals surface area (Å²) in [6.07, 6.45) is 4.43. The Labute approximate surface area is 100 Å². The van der Waals surface area contributed by atoms with Crippen molar-refractivity contribution in [1.29, 1.82) is 5.26 Å². The highest BCUT2D eigenvalue weighted by molar-refractivity contribution is 5.61. The first-order chi connectivity index (χ1) is 8.88. The highest BCUT2D eigenvalue weighted by Gasteiger charge is 2.16. The van der Waals surface area contributed by atoms with Crippen LogP contribution in [0, 0.1) is 11.3 Å². The van der Waals surface area contributed by atoms with Crippen LogP contribution in [0.5, 0.6) is 0 Å². The van der Waals surface area contributed by atoms with Gasteiger partial charge in [0, 0.05) is 6.20 Å². The van der Waals surface area contributed by atoms with E-state index in [1.165, 1.54) is 12.5 Å². The van der Waals surface area contributed by atoms with E-state index in [-0.39, 0.29) is 11.6 Å². The maximum atomic E-state index is 8.86. The molecule has 1 N–H and O–H groups in total. The standard InChI is InChI=1S/C10H5N7O/c11-3-8-6(4-14-16-8)10-15-9(17-18-10)7-1-2-12-5-13-7/h1-2,4-5H,(H,14,16). The molecule has 3 aromatic heterocycles. The summed E-state index contributed by atoms with van der Waals surface area (Å²) in [6.45, 7) is 0. The number of H-pyrrole nitrogens is 1. The SMILES string of the molecule is N#Cc1[nH]ncc1-c1nc(-c2ccncn2)no1. The van der Waals surface area contributed by atoms with Crippen LogP contribution in [0.15, 0.2) is 29.3 Å². The summed E-state index contributed by atoms with van der Waals surface area (Å²) < 4.78 is 5.07. The fourth-order valence-corrected chi connectivity index (χ4v) is 1.39. The molecule has 3 rings (SSSR count). The Morgan fingerprint density at radius 3 is 3.11 bits per heavy atom. The highest BCUT2D eigenvalue weighted by Crippen LogP contribution is 2.22. The van der Waals surface area contributed by atoms with Crippen molar-refractivity contribution in [2.24, 2.45) is 0 Å². The Bertz CT molecular complexity index is 709. The Kier molecular flexibility index (Phi) is 2.28. The summed E-state index contributed by atoms with van der Waals surface area (Å²) in [7, 11) is 0. The number of nitrogens with zero attached hydrogens (tertiary/aromatic N) is 6. The number of hydrogen-bond donors (Lipinski definition) is 1. The van der Waals surface area contributed by atoms with Crippen LogP contribution in [0.1, 0.15) is 5.69 Å². The van der Waals surface area contributed by atoms with Gasteiger partial charge in [0.1, 0.15) is 23.8 Å². The third-order valence-corrected chi connectivity index (χ3v) is 2.22. The van der Waals surface area contributed by atoms with Crippen molar-refractivity contribution >= 4 is 0 Å². The lowest BCUT2D eigenvalue weighted by Gasteiger charge is -1.89. The fraction of sp³-hybridized carbons (Fsp3) is 0. The van der Waals surface area contributed by atoms with Crippen molar-refractivity contribution in [1.82, 2.24) is 30.3 Å². The zero-order valence-corrected chi connectivity index (χ0v) is 8.90. The lowest BCUT2D eigenvalue weighted by atomic mass is 10.2. The molecule has 0 spiro atoms. The minimum absolute atomic E-state index is 0.217. The number of aromatic nitrogens is 6. The van der Waals surface area contributed by atoms with Gasteiger partial charge in [0.15, 0.2) is 0 Å². The smallest absolute Gasteiger partial charge is 0.262 e. The Morgan fingerprint density at radius 1 is 1.39 bits per heavy atom. The maximum absolute atomic E-state index is 8.86. The van der Waals surface area contributed by atoms with Gasteiger partial charge in [-0.05, 0) is 6.07 Å². The van der Waals surface area contributed by atoms with Crippen LogP contribution < -0.4 is 0 Å². The van der Waals surface area contributed by atoms with E-state index in [2.05, 4.69) is 30.3 Å². The number of aromatic amines is 1. The topological polar surface area (TPSA) is 117 Å². The number of hydrogen-bond acceptors (Lipinski definition) is 7. The summed E-state index contributed by atoms with van der Waals surface area (Å²) in [5.41, 5.74) is 1.28. The summed E-state index contributed by atoms with van der Waals surface area (Å²) >= 11 is 0. The molecule has 3 heterocycles. The molecule has 0 aliphatic heterocycles. The molecule has 0 unspecified atom stereocenters. The second-order valence-corrected chi connectivity index (χ2v) is 3.29. The molecule has 0 bridgehead atoms. The molecule has 8 nitrogen and oxygen atoms in total. The fourth-order valence-electron chi connectivity index (χ4n) is 1.39. The minimum Gasteiger partial charge on any atom is -0.333 e. The quantitative estimate of drug-likeness (QED) is 0.702. The molecule has 86 valence electrons. The van der Waals surface area contributed by atoms with Crippen LogP contribution in [0.2, 0.25) is 0 Å². The lowest BCUT2D eigenvalue weighted by molar-refractivity contribution is 0.432. The summed E-state index contributed by atoms with van der Waals surface area (Å²) in [4.78, 5) is 12.0. The Hall–Kier alpha value is -3.08. The van der Waals surface area contributed by atoms with Gasteiger partial charge in [-0.3, -0.25) is 5.10 Å². The van der Waals surface area contributed by atoms with Crippen molar-refractivity contribution < 1.29 is 4.52 Å². The first-order valence-electron chi connectivity index (χ1n) is 4.92. The Balaban J connectivity index is 2.03. The van der Waals surface area contributed by atoms with E-state index < -0.39 is 0 Å². The van der Waals surface area contributed by atoms with E-state index in [0.29, 0.717) is 17.1 Å². The van der Waals surface area contributed by atoms with E-state index in [4.69, 9.17) is 9.78 Å². The predicted molar refractivity (Wildman–Crippen MR) is 57.6 cm³/mol. The molecule has 3 aromatic rings. The molecule has 0 amide bonds. The van der Waals surface area contributed by atoms with Gasteiger partial charge < -0.3 is 4.52 Å². The molecule has 0 saturated carbocycles. The van der Waals surface area contributed by atoms with Crippen LogP contribution >= 0.6 is 0 Å². The zero-order chi connectivity index (χ0) is 12.4. The van der Waals surface area contributed by atoms with Crippen LogP contribution in [0.3, 0.4) is 0 Å². The monoisotopic (exact) mass is 239 g/mol. The van der Waals surface area contributed by atoms with E-state index >= 15 is 0 Å². The third-order valence-electron chi connectivity index (χ3n) is 2.22. The second kappa shape index (κ2) is 4.06. The van der Waals surface area contributed by atoms with E-state index in [9.17, 15) is 0 Å². The number of nitriles is 1. The minimum atomic E-state index is 0.217. The van der Waals surface area contributed by atoms with Crippen molar-refractivity contribution in [2.75, 3.05) is 0 Å². The van der Waals surface area contributed by atoms with Crippen molar-refractivity contribution in [3.8, 4) is 29.0 Å². The van der Waals surface area contributed by atoms with Gasteiger partial charge in [0.2, 0.25) is 5.82 Å². The lowest BCUT2D eigenvalue weighted by Crippen LogP contribution is -1.86. The maximum Gasteiger partial charge on any atom is 0.262 e. The number of rotatable bonds is 2. The van der Waals surface area contributed by atoms with Crippen LogP contribution in [-0.2, 0) is 0 Å². The molecule has 0 atom stereocenters. The van der Waals surface area contributed by atoms with E-state index in [0.717, 1.165) is 0 Å². The van der Waals surface area contributed by atoms with Crippen LogP contribution in [0.25, 0.3) is 23.0 Å². The zero-order valence-electron chi connectivity index (χ0n) is 8.90. The second-order valence-electron chi connectivity index (χ2n) is 3.29. The third kappa shape index (κ3) is 1.60. The van der Waals surface area contributed by atoms with Gasteiger partial charge >= 0.3 is 0 Å². The van der Waals surface area contributed by atoms with Gasteiger partial charge in [0.05, 0.1) is 11.8 Å². The molecule has 0 aliphatic carbocycles. The van der Waals surface area contributed by atoms with E-state index in [1.54, 1.807) is 12.3 Å². The average molecular weight is 239 g/mol. The largest absolute Gasteiger partial charge is 0.333 e. The van der Waals surface area contributed by atoms with Crippen molar-refractivity contribution in [3.05, 3.63) is 30.5 Å². The molecule has 0 aliphatic rings. The van der Waals surface area contributed by atoms with Gasteiger partial charge in [-0.25, -0.2) is 9.97 Å². The molecule has 0 saturated heterocycles. The molecular weight excluding hydrogens is 234 g/mol. The molecule has 0 radical (unpaired) electrons. The first-order valence-corrected chi connectivity index (χ1v) is 4.92. The molecule has 18 heavy (non-hydrogen) atoms. The summed E-state index contributed by atoms with van der Waals surface area (Å²) in [6, 6.07) is 3.61. The molecule has 0 aromatic carbocycles. The van der Waals surface area contributed by atoms with Gasteiger partial charge in [-0.2, -0.15) is 15.3 Å². The van der Waals surface area contributed by atoms with Crippen LogP contribution in [-0.4, -0.2) is 30.3 Å². The first kappa shape index (κ1) is 10.1. The molecular formula is C10H5N7O. The summed E-state index contributed by atoms with van der Waals surface area (Å²) in [5.74, 6) is 0.548. The number of nitrogens with one attached hydrogen (secondary N) is 1. The van der Waals surface area contributed by atoms with Gasteiger partial charge in [-0.15, -0.1) is 0 Å². The van der Waals surface area contributed by atoms with Crippen molar-refractivity contribution in [3.63, 3.8) is 0 Å². The highest BCUT2D eigenvalue weighted by atomic mass is 16.5. The van der Waals surface area contributed by atoms with Crippen molar-refractivity contribution in [2.45, 2.75) is 0 Å². The normalized spacial score (nSPS) is 10.2.